The van der Waals surface area contributed by atoms with Crippen molar-refractivity contribution in [2.75, 3.05) is 5.75 Å². The highest BCUT2D eigenvalue weighted by Gasteiger charge is 2.14. The second-order valence-electron chi connectivity index (χ2n) is 4.69. The lowest BCUT2D eigenvalue weighted by Crippen LogP contribution is -2.02. The van der Waals surface area contributed by atoms with E-state index in [1.54, 1.807) is 22.8 Å². The molecule has 2 heterocycles. The second kappa shape index (κ2) is 6.94. The van der Waals surface area contributed by atoms with E-state index in [1.807, 2.05) is 13.1 Å². The Morgan fingerprint density at radius 3 is 2.65 bits per heavy atom. The fourth-order valence-corrected chi connectivity index (χ4v) is 4.17. The van der Waals surface area contributed by atoms with Gasteiger partial charge in [0.15, 0.2) is 16.8 Å². The van der Waals surface area contributed by atoms with Crippen LogP contribution in [0.25, 0.3) is 11.4 Å². The van der Waals surface area contributed by atoms with Gasteiger partial charge in [0.05, 0.1) is 14.4 Å². The van der Waals surface area contributed by atoms with Crippen LogP contribution >= 0.6 is 39.0 Å². The van der Waals surface area contributed by atoms with Crippen LogP contribution in [0.5, 0.6) is 0 Å². The van der Waals surface area contributed by atoms with Crippen molar-refractivity contribution in [3.8, 4) is 11.4 Å². The molecule has 1 aromatic carbocycles. The Kier molecular flexibility index (Phi) is 4.93. The van der Waals surface area contributed by atoms with Crippen molar-refractivity contribution in [3.63, 3.8) is 0 Å². The standard InChI is InChI=1S/C15H11BrFN3OS2/c1-20-14(9-2-4-10(17)5-3-9)18-19-15(20)22-8-11(21)12-6-7-13(16)23-12/h2-7H,8H2,1H3. The highest BCUT2D eigenvalue weighted by atomic mass is 79.9. The van der Waals surface area contributed by atoms with Crippen molar-refractivity contribution in [2.24, 2.45) is 7.05 Å². The summed E-state index contributed by atoms with van der Waals surface area (Å²) in [5.41, 5.74) is 0.779. The molecule has 0 saturated heterocycles. The number of carbonyl (C=O) groups excluding carboxylic acids is 1. The van der Waals surface area contributed by atoms with E-state index in [-0.39, 0.29) is 11.6 Å². The maximum Gasteiger partial charge on any atom is 0.191 e. The Morgan fingerprint density at radius 1 is 1.26 bits per heavy atom. The lowest BCUT2D eigenvalue weighted by Gasteiger charge is -2.03. The number of benzene rings is 1. The van der Waals surface area contributed by atoms with Gasteiger partial charge in [0.1, 0.15) is 5.82 Å². The van der Waals surface area contributed by atoms with E-state index in [2.05, 4.69) is 26.1 Å². The van der Waals surface area contributed by atoms with Crippen LogP contribution in [0.15, 0.2) is 45.3 Å². The molecule has 0 atom stereocenters. The molecule has 0 spiro atoms. The monoisotopic (exact) mass is 411 g/mol. The normalized spacial score (nSPS) is 10.9. The second-order valence-corrected chi connectivity index (χ2v) is 8.09. The summed E-state index contributed by atoms with van der Waals surface area (Å²) in [6.07, 6.45) is 0. The quantitative estimate of drug-likeness (QED) is 0.460. The molecule has 0 aliphatic carbocycles. The van der Waals surface area contributed by atoms with E-state index in [0.717, 1.165) is 9.35 Å². The number of thioether (sulfide) groups is 1. The molecular weight excluding hydrogens is 401 g/mol. The van der Waals surface area contributed by atoms with Gasteiger partial charge in [-0.3, -0.25) is 4.79 Å². The lowest BCUT2D eigenvalue weighted by molar-refractivity contribution is 0.102. The molecule has 3 aromatic rings. The molecule has 0 unspecified atom stereocenters. The molecule has 0 saturated carbocycles. The van der Waals surface area contributed by atoms with Gasteiger partial charge in [-0.05, 0) is 52.3 Å². The van der Waals surface area contributed by atoms with Crippen molar-refractivity contribution in [2.45, 2.75) is 5.16 Å². The highest BCUT2D eigenvalue weighted by Crippen LogP contribution is 2.26. The van der Waals surface area contributed by atoms with Crippen LogP contribution in [0, 0.1) is 5.82 Å². The molecule has 0 N–H and O–H groups in total. The minimum absolute atomic E-state index is 0.0528. The molecule has 2 aromatic heterocycles. The first-order valence-corrected chi connectivity index (χ1v) is 9.21. The molecule has 0 aliphatic rings. The third-order valence-electron chi connectivity index (χ3n) is 3.12. The van der Waals surface area contributed by atoms with Gasteiger partial charge in [-0.1, -0.05) is 11.8 Å². The van der Waals surface area contributed by atoms with Crippen LogP contribution in [-0.4, -0.2) is 26.3 Å². The average molecular weight is 412 g/mol. The summed E-state index contributed by atoms with van der Waals surface area (Å²) in [6, 6.07) is 9.74. The average Bonchev–Trinajstić information content (AvgIpc) is 3.12. The molecule has 0 bridgehead atoms. The van der Waals surface area contributed by atoms with Gasteiger partial charge >= 0.3 is 0 Å². The van der Waals surface area contributed by atoms with E-state index >= 15 is 0 Å². The predicted molar refractivity (Wildman–Crippen MR) is 93.5 cm³/mol. The molecule has 4 nitrogen and oxygen atoms in total. The van der Waals surface area contributed by atoms with E-state index < -0.39 is 0 Å². The lowest BCUT2D eigenvalue weighted by atomic mass is 10.2. The zero-order valence-corrected chi connectivity index (χ0v) is 15.2. The number of carbonyl (C=O) groups is 1. The highest BCUT2D eigenvalue weighted by molar-refractivity contribution is 9.11. The Hall–Kier alpha value is -1.51. The van der Waals surface area contributed by atoms with Gasteiger partial charge in [-0.2, -0.15) is 0 Å². The van der Waals surface area contributed by atoms with Crippen LogP contribution in [0.4, 0.5) is 4.39 Å². The Bertz CT molecular complexity index is 845. The third kappa shape index (κ3) is 3.70. The van der Waals surface area contributed by atoms with E-state index in [4.69, 9.17) is 0 Å². The number of Topliss-reactive ketones (excluding diaryl/α,β-unsaturated/α-hetero) is 1. The SMILES string of the molecule is Cn1c(SCC(=O)c2ccc(Br)s2)nnc1-c1ccc(F)cc1. The number of aromatic nitrogens is 3. The van der Waals surface area contributed by atoms with Crippen molar-refractivity contribution in [3.05, 3.63) is 50.9 Å². The van der Waals surface area contributed by atoms with Gasteiger partial charge in [-0.25, -0.2) is 4.39 Å². The van der Waals surface area contributed by atoms with Crippen LogP contribution in [0.1, 0.15) is 9.67 Å². The number of halogens is 2. The first-order valence-electron chi connectivity index (χ1n) is 6.61. The summed E-state index contributed by atoms with van der Waals surface area (Å²) in [4.78, 5) is 12.8. The van der Waals surface area contributed by atoms with Gasteiger partial charge in [-0.15, -0.1) is 21.5 Å². The fraction of sp³-hybridized carbons (Fsp3) is 0.133. The van der Waals surface area contributed by atoms with Crippen molar-refractivity contribution >= 4 is 44.8 Å². The Morgan fingerprint density at radius 2 is 2.00 bits per heavy atom. The maximum absolute atomic E-state index is 13.0. The minimum atomic E-state index is -0.293. The number of hydrogen-bond donors (Lipinski definition) is 0. The Labute approximate surface area is 148 Å². The zero-order chi connectivity index (χ0) is 16.4. The van der Waals surface area contributed by atoms with Crippen LogP contribution in [0.2, 0.25) is 0 Å². The minimum Gasteiger partial charge on any atom is -0.305 e. The van der Waals surface area contributed by atoms with E-state index in [0.29, 0.717) is 21.6 Å². The molecule has 118 valence electrons. The number of ketones is 1. The zero-order valence-electron chi connectivity index (χ0n) is 12.0. The molecule has 3 rings (SSSR count). The predicted octanol–water partition coefficient (Wildman–Crippen LogP) is 4.42. The molecule has 23 heavy (non-hydrogen) atoms. The van der Waals surface area contributed by atoms with E-state index in [1.165, 1.54) is 35.2 Å². The number of thiophene rings is 1. The number of nitrogens with zero attached hydrogens (tertiary/aromatic N) is 3. The van der Waals surface area contributed by atoms with Crippen LogP contribution in [-0.2, 0) is 7.05 Å². The molecule has 8 heteroatoms. The molecule has 0 aliphatic heterocycles. The molecule has 0 fully saturated rings. The smallest absolute Gasteiger partial charge is 0.191 e. The van der Waals surface area contributed by atoms with Gasteiger partial charge in [0.25, 0.3) is 0 Å². The largest absolute Gasteiger partial charge is 0.305 e. The third-order valence-corrected chi connectivity index (χ3v) is 5.80. The summed E-state index contributed by atoms with van der Waals surface area (Å²) >= 11 is 6.10. The van der Waals surface area contributed by atoms with Crippen LogP contribution in [0.3, 0.4) is 0 Å². The van der Waals surface area contributed by atoms with Gasteiger partial charge < -0.3 is 4.57 Å². The van der Waals surface area contributed by atoms with Crippen molar-refractivity contribution in [1.82, 2.24) is 14.8 Å². The topological polar surface area (TPSA) is 47.8 Å². The first-order chi connectivity index (χ1) is 11.0. The maximum atomic E-state index is 13.0. The van der Waals surface area contributed by atoms with Gasteiger partial charge in [0, 0.05) is 12.6 Å². The summed E-state index contributed by atoms with van der Waals surface area (Å²) in [5.74, 6) is 0.691. The van der Waals surface area contributed by atoms with Crippen LogP contribution < -0.4 is 0 Å². The summed E-state index contributed by atoms with van der Waals surface area (Å²) in [5, 5.41) is 8.88. The van der Waals surface area contributed by atoms with Crippen molar-refractivity contribution in [1.29, 1.82) is 0 Å². The summed E-state index contributed by atoms with van der Waals surface area (Å²) in [6.45, 7) is 0. The number of rotatable bonds is 5. The molecule has 0 radical (unpaired) electrons. The number of hydrogen-bond acceptors (Lipinski definition) is 5. The summed E-state index contributed by atoms with van der Waals surface area (Å²) < 4.78 is 15.7. The van der Waals surface area contributed by atoms with Gasteiger partial charge in [0.2, 0.25) is 0 Å². The van der Waals surface area contributed by atoms with E-state index in [9.17, 15) is 9.18 Å². The molecule has 0 amide bonds. The Balaban J connectivity index is 1.72. The van der Waals surface area contributed by atoms with Crippen molar-refractivity contribution < 1.29 is 9.18 Å². The fourth-order valence-electron chi connectivity index (χ4n) is 1.96. The molecular formula is C15H11BrFN3OS2. The first kappa shape index (κ1) is 16.4. The summed E-state index contributed by atoms with van der Waals surface area (Å²) in [7, 11) is 1.83.